The first-order valence-electron chi connectivity index (χ1n) is 5.62. The van der Waals surface area contributed by atoms with Crippen LogP contribution in [0.1, 0.15) is 27.2 Å². The average Bonchev–Trinajstić information content (AvgIpc) is 2.34. The number of carbonyl (C=O) groups excluding carboxylic acids is 1. The Morgan fingerprint density at radius 3 is 2.53 bits per heavy atom. The van der Waals surface area contributed by atoms with E-state index in [9.17, 15) is 4.79 Å². The first-order chi connectivity index (χ1) is 8.20. The number of ether oxygens (including phenoxy) is 2. The van der Waals surface area contributed by atoms with Crippen molar-refractivity contribution in [3.8, 4) is 12.3 Å². The Bertz CT molecular complexity index is 282. The van der Waals surface area contributed by atoms with Crippen molar-refractivity contribution >= 4 is 5.97 Å². The largest absolute Gasteiger partial charge is 0.461 e. The molecule has 0 saturated carbocycles. The standard InChI is InChI=1S/C12H16O3.C2H6/c1-4-5-7-12(8-6-9-14-3)10-15-11(2)13;1-2/h1,6-8H,5,9-10H2,2-3H3;1-2H3/b8-6-,12-7+;. The van der Waals surface area contributed by atoms with E-state index < -0.39 is 0 Å². The van der Waals surface area contributed by atoms with Crippen molar-refractivity contribution in [1.29, 1.82) is 0 Å². The van der Waals surface area contributed by atoms with Crippen LogP contribution in [0.2, 0.25) is 0 Å². The first-order valence-corrected chi connectivity index (χ1v) is 5.62. The van der Waals surface area contributed by atoms with Crippen molar-refractivity contribution in [3.63, 3.8) is 0 Å². The third-order valence-electron chi connectivity index (χ3n) is 1.52. The summed E-state index contributed by atoms with van der Waals surface area (Å²) >= 11 is 0. The molecule has 0 heterocycles. The highest BCUT2D eigenvalue weighted by atomic mass is 16.5. The van der Waals surface area contributed by atoms with Crippen LogP contribution in [0.4, 0.5) is 0 Å². The topological polar surface area (TPSA) is 35.5 Å². The summed E-state index contributed by atoms with van der Waals surface area (Å²) in [5, 5.41) is 0. The van der Waals surface area contributed by atoms with Gasteiger partial charge in [-0.05, 0) is 5.57 Å². The molecule has 0 radical (unpaired) electrons. The van der Waals surface area contributed by atoms with Gasteiger partial charge in [-0.1, -0.05) is 32.1 Å². The van der Waals surface area contributed by atoms with Crippen molar-refractivity contribution in [2.45, 2.75) is 27.2 Å². The first kappa shape index (κ1) is 17.9. The number of esters is 1. The fourth-order valence-electron chi connectivity index (χ4n) is 0.846. The Kier molecular flexibility index (Phi) is 15.2. The molecule has 0 aliphatic heterocycles. The van der Waals surface area contributed by atoms with Gasteiger partial charge in [0.1, 0.15) is 6.61 Å². The summed E-state index contributed by atoms with van der Waals surface area (Å²) in [5.41, 5.74) is 0.875. The molecule has 0 atom stereocenters. The predicted octanol–water partition coefficient (Wildman–Crippen LogP) is 2.73. The van der Waals surface area contributed by atoms with Crippen LogP contribution in [0, 0.1) is 12.3 Å². The molecule has 0 fully saturated rings. The van der Waals surface area contributed by atoms with E-state index in [2.05, 4.69) is 5.92 Å². The molecule has 0 aromatic rings. The monoisotopic (exact) mass is 238 g/mol. The van der Waals surface area contributed by atoms with Gasteiger partial charge < -0.3 is 9.47 Å². The smallest absolute Gasteiger partial charge is 0.302 e. The molecule has 0 aromatic carbocycles. The van der Waals surface area contributed by atoms with Crippen LogP contribution in [0.15, 0.2) is 23.8 Å². The summed E-state index contributed by atoms with van der Waals surface area (Å²) in [4.78, 5) is 10.6. The van der Waals surface area contributed by atoms with Gasteiger partial charge in [-0.2, -0.15) is 0 Å². The lowest BCUT2D eigenvalue weighted by molar-refractivity contribution is -0.139. The van der Waals surface area contributed by atoms with E-state index in [1.165, 1.54) is 6.92 Å². The lowest BCUT2D eigenvalue weighted by Gasteiger charge is -2.02. The van der Waals surface area contributed by atoms with Gasteiger partial charge in [-0.3, -0.25) is 4.79 Å². The van der Waals surface area contributed by atoms with Crippen LogP contribution in [-0.4, -0.2) is 26.3 Å². The fraction of sp³-hybridized carbons (Fsp3) is 0.500. The van der Waals surface area contributed by atoms with Gasteiger partial charge in [-0.15, -0.1) is 12.3 Å². The number of methoxy groups -OCH3 is 1. The van der Waals surface area contributed by atoms with Crippen molar-refractivity contribution in [3.05, 3.63) is 23.8 Å². The molecular formula is C14H22O3. The summed E-state index contributed by atoms with van der Waals surface area (Å²) in [5.74, 6) is 2.19. The van der Waals surface area contributed by atoms with Gasteiger partial charge in [0.05, 0.1) is 6.61 Å². The number of terminal acetylenes is 1. The third kappa shape index (κ3) is 14.5. The van der Waals surface area contributed by atoms with Crippen LogP contribution in [0.3, 0.4) is 0 Å². The Morgan fingerprint density at radius 2 is 2.06 bits per heavy atom. The quantitative estimate of drug-likeness (QED) is 0.405. The fourth-order valence-corrected chi connectivity index (χ4v) is 0.846. The molecule has 3 nitrogen and oxygen atoms in total. The highest BCUT2D eigenvalue weighted by Crippen LogP contribution is 2.00. The molecule has 0 N–H and O–H groups in total. The van der Waals surface area contributed by atoms with Crippen molar-refractivity contribution in [2.75, 3.05) is 20.3 Å². The predicted molar refractivity (Wildman–Crippen MR) is 70.5 cm³/mol. The second kappa shape index (κ2) is 14.5. The molecule has 0 rings (SSSR count). The summed E-state index contributed by atoms with van der Waals surface area (Å²) in [6.07, 6.45) is 11.2. The number of hydrogen-bond acceptors (Lipinski definition) is 3. The number of carbonyl (C=O) groups is 1. The van der Waals surface area contributed by atoms with Crippen molar-refractivity contribution < 1.29 is 14.3 Å². The summed E-state index contributed by atoms with van der Waals surface area (Å²) < 4.78 is 9.72. The van der Waals surface area contributed by atoms with E-state index in [0.717, 1.165) is 5.57 Å². The van der Waals surface area contributed by atoms with Crippen LogP contribution in [0.25, 0.3) is 0 Å². The summed E-state index contributed by atoms with van der Waals surface area (Å²) in [6, 6.07) is 0. The highest BCUT2D eigenvalue weighted by molar-refractivity contribution is 5.66. The third-order valence-corrected chi connectivity index (χ3v) is 1.52. The number of hydrogen-bond donors (Lipinski definition) is 0. The lowest BCUT2D eigenvalue weighted by Crippen LogP contribution is -2.02. The van der Waals surface area contributed by atoms with Crippen LogP contribution >= 0.6 is 0 Å². The zero-order valence-corrected chi connectivity index (χ0v) is 11.2. The maximum atomic E-state index is 10.6. The van der Waals surface area contributed by atoms with Gasteiger partial charge in [0, 0.05) is 20.5 Å². The SMILES string of the molecule is C#CC/C=C(\C=C/COC)COC(C)=O.CC. The molecule has 0 spiro atoms. The molecule has 0 aromatic heterocycles. The Labute approximate surface area is 104 Å². The molecule has 96 valence electrons. The van der Waals surface area contributed by atoms with Crippen LogP contribution in [-0.2, 0) is 14.3 Å². The number of rotatable bonds is 6. The normalized spacial score (nSPS) is 10.4. The zero-order chi connectivity index (χ0) is 13.5. The van der Waals surface area contributed by atoms with Gasteiger partial charge in [0.15, 0.2) is 0 Å². The molecule has 0 unspecified atom stereocenters. The molecule has 3 heteroatoms. The van der Waals surface area contributed by atoms with Gasteiger partial charge in [-0.25, -0.2) is 0 Å². The van der Waals surface area contributed by atoms with Crippen molar-refractivity contribution in [1.82, 2.24) is 0 Å². The maximum Gasteiger partial charge on any atom is 0.302 e. The minimum Gasteiger partial charge on any atom is -0.461 e. The summed E-state index contributed by atoms with van der Waals surface area (Å²) in [7, 11) is 1.61. The van der Waals surface area contributed by atoms with E-state index >= 15 is 0 Å². The minimum atomic E-state index is -0.304. The lowest BCUT2D eigenvalue weighted by atomic mass is 10.2. The minimum absolute atomic E-state index is 0.247. The van der Waals surface area contributed by atoms with E-state index in [-0.39, 0.29) is 12.6 Å². The highest BCUT2D eigenvalue weighted by Gasteiger charge is 1.95. The molecule has 0 bridgehead atoms. The van der Waals surface area contributed by atoms with Crippen molar-refractivity contribution in [2.24, 2.45) is 0 Å². The maximum absolute atomic E-state index is 10.6. The van der Waals surface area contributed by atoms with E-state index in [1.807, 2.05) is 32.1 Å². The van der Waals surface area contributed by atoms with Gasteiger partial charge in [0.25, 0.3) is 0 Å². The Hall–Kier alpha value is -1.53. The molecule has 0 aliphatic carbocycles. The average molecular weight is 238 g/mol. The van der Waals surface area contributed by atoms with E-state index in [0.29, 0.717) is 13.0 Å². The second-order valence-corrected chi connectivity index (χ2v) is 2.83. The van der Waals surface area contributed by atoms with Crippen LogP contribution < -0.4 is 0 Å². The Morgan fingerprint density at radius 1 is 1.41 bits per heavy atom. The molecule has 0 amide bonds. The van der Waals surface area contributed by atoms with Gasteiger partial charge >= 0.3 is 5.97 Å². The second-order valence-electron chi connectivity index (χ2n) is 2.83. The van der Waals surface area contributed by atoms with Gasteiger partial charge in [0.2, 0.25) is 0 Å². The summed E-state index contributed by atoms with van der Waals surface area (Å²) in [6.45, 7) is 6.14. The Balaban J connectivity index is 0. The van der Waals surface area contributed by atoms with E-state index in [1.54, 1.807) is 7.11 Å². The number of allylic oxidation sites excluding steroid dienone is 1. The van der Waals surface area contributed by atoms with E-state index in [4.69, 9.17) is 15.9 Å². The molecule has 0 aliphatic rings. The van der Waals surface area contributed by atoms with Crippen LogP contribution in [0.5, 0.6) is 0 Å². The molecule has 17 heavy (non-hydrogen) atoms. The molecule has 0 saturated heterocycles. The molecular weight excluding hydrogens is 216 g/mol. The zero-order valence-electron chi connectivity index (χ0n) is 11.2.